The second-order valence-corrected chi connectivity index (χ2v) is 9.03. The lowest BCUT2D eigenvalue weighted by Gasteiger charge is -2.44. The van der Waals surface area contributed by atoms with Crippen molar-refractivity contribution < 1.29 is 28.7 Å². The number of H-pyrrole nitrogens is 1. The van der Waals surface area contributed by atoms with Crippen LogP contribution < -0.4 is 19.9 Å². The van der Waals surface area contributed by atoms with Gasteiger partial charge < -0.3 is 23.7 Å². The van der Waals surface area contributed by atoms with E-state index in [1.54, 1.807) is 36.0 Å². The quantitative estimate of drug-likeness (QED) is 0.703. The molecule has 29 heavy (non-hydrogen) atoms. The number of hydrogen-bond donors (Lipinski definition) is 0. The highest BCUT2D eigenvalue weighted by atomic mass is 31.2. The minimum atomic E-state index is -3.86. The predicted octanol–water partition coefficient (Wildman–Crippen LogP) is 1.95. The molecular weight excluding hydrogens is 391 g/mol. The van der Waals surface area contributed by atoms with Gasteiger partial charge in [-0.1, -0.05) is 6.42 Å². The number of ether oxygens (including phenoxy) is 3. The number of piperidine rings is 1. The van der Waals surface area contributed by atoms with Crippen LogP contribution in [0.5, 0.6) is 5.75 Å². The fraction of sp³-hybridized carbons (Fsp3) is 0.476. The smallest absolute Gasteiger partial charge is 0.171 e. The highest BCUT2D eigenvalue weighted by molar-refractivity contribution is 7.62. The molecule has 1 aromatic carbocycles. The van der Waals surface area contributed by atoms with Gasteiger partial charge in [0.1, 0.15) is 13.3 Å². The van der Waals surface area contributed by atoms with Gasteiger partial charge in [0.2, 0.25) is 0 Å². The van der Waals surface area contributed by atoms with Crippen LogP contribution in [-0.2, 0) is 14.0 Å². The fourth-order valence-electron chi connectivity index (χ4n) is 3.54. The summed E-state index contributed by atoms with van der Waals surface area (Å²) in [5, 5.41) is 0.338. The molecule has 4 rings (SSSR count). The number of methoxy groups -OCH3 is 1. The molecule has 0 bridgehead atoms. The van der Waals surface area contributed by atoms with Crippen LogP contribution in [0.1, 0.15) is 30.9 Å². The molecule has 1 N–H and O–H groups in total. The summed E-state index contributed by atoms with van der Waals surface area (Å²) in [4.78, 5) is 16.1. The second kappa shape index (κ2) is 10.9. The lowest BCUT2D eigenvalue weighted by atomic mass is 9.99. The third-order valence-electron chi connectivity index (χ3n) is 5.07. The monoisotopic (exact) mass is 420 g/mol. The van der Waals surface area contributed by atoms with E-state index in [4.69, 9.17) is 14.2 Å². The first-order valence-electron chi connectivity index (χ1n) is 9.97. The summed E-state index contributed by atoms with van der Waals surface area (Å²) in [5.41, 5.74) is 1.01. The zero-order valence-corrected chi connectivity index (χ0v) is 17.7. The van der Waals surface area contributed by atoms with Crippen molar-refractivity contribution in [3.8, 4) is 5.75 Å². The molecule has 0 amide bonds. The Morgan fingerprint density at radius 3 is 2.34 bits per heavy atom. The van der Waals surface area contributed by atoms with Crippen molar-refractivity contribution in [1.29, 1.82) is 0 Å². The van der Waals surface area contributed by atoms with Crippen LogP contribution in [-0.4, -0.2) is 44.8 Å². The number of rotatable bonds is 4. The average molecular weight is 420 g/mol. The standard InChI is InChI=1S/C17H21N2O3P.C4H8O2/c1-22-15-7-9-16(10-8-15)23(20,21)19-12-3-2-6-17(19)14-5-4-11-18-13-14;1-2-6-4-3-5-1/h4-5,7-11,13,17H,2-3,6,12H2,1H3,(H,20,21);1-4H2. The average Bonchev–Trinajstić information content (AvgIpc) is 2.81. The van der Waals surface area contributed by atoms with Crippen molar-refractivity contribution in [1.82, 2.24) is 4.67 Å². The minimum Gasteiger partial charge on any atom is -0.784 e. The second-order valence-electron chi connectivity index (χ2n) is 6.95. The summed E-state index contributed by atoms with van der Waals surface area (Å²) in [5.74, 6) is 0.654. The SMILES string of the molecule is C1COCCO1.COc1ccc(P(=O)([O-])N2CCCCC2c2ccc[nH+]c2)cc1. The molecule has 1 aromatic heterocycles. The first kappa shape index (κ1) is 21.9. The van der Waals surface area contributed by atoms with Crippen LogP contribution in [0.4, 0.5) is 0 Å². The molecular formula is C21H29N2O5P. The van der Waals surface area contributed by atoms with Crippen LogP contribution in [0, 0.1) is 0 Å². The number of nitrogens with zero attached hydrogens (tertiary/aromatic N) is 1. The molecule has 7 nitrogen and oxygen atoms in total. The number of hydrogen-bond acceptors (Lipinski definition) is 5. The normalized spacial score (nSPS) is 22.1. The lowest BCUT2D eigenvalue weighted by molar-refractivity contribution is -0.379. The Balaban J connectivity index is 0.000000343. The number of nitrogens with one attached hydrogen (secondary N) is 1. The molecule has 2 unspecified atom stereocenters. The summed E-state index contributed by atoms with van der Waals surface area (Å²) in [6, 6.07) is 10.4. The molecule has 2 aliphatic heterocycles. The fourth-order valence-corrected chi connectivity index (χ4v) is 5.39. The zero-order valence-electron chi connectivity index (χ0n) is 16.8. The molecule has 2 aromatic rings. The van der Waals surface area contributed by atoms with E-state index >= 15 is 0 Å². The van der Waals surface area contributed by atoms with Crippen molar-refractivity contribution in [2.24, 2.45) is 0 Å². The molecule has 0 aliphatic carbocycles. The number of aromatic nitrogens is 1. The van der Waals surface area contributed by atoms with Crippen molar-refractivity contribution in [3.05, 3.63) is 54.4 Å². The molecule has 3 heterocycles. The van der Waals surface area contributed by atoms with Gasteiger partial charge in [0, 0.05) is 29.5 Å². The predicted molar refractivity (Wildman–Crippen MR) is 108 cm³/mol. The number of aromatic amines is 1. The van der Waals surface area contributed by atoms with Crippen molar-refractivity contribution in [3.63, 3.8) is 0 Å². The van der Waals surface area contributed by atoms with Crippen molar-refractivity contribution >= 4 is 12.8 Å². The summed E-state index contributed by atoms with van der Waals surface area (Å²) in [6.45, 7) is 3.67. The van der Waals surface area contributed by atoms with E-state index in [2.05, 4.69) is 4.98 Å². The van der Waals surface area contributed by atoms with E-state index in [0.717, 1.165) is 51.3 Å². The molecule has 0 saturated carbocycles. The topological polar surface area (TPSA) is 85.2 Å². The van der Waals surface area contributed by atoms with E-state index in [1.165, 1.54) is 0 Å². The zero-order chi connectivity index (χ0) is 20.5. The Labute approximate surface area is 172 Å². The summed E-state index contributed by atoms with van der Waals surface area (Å²) < 4.78 is 29.7. The largest absolute Gasteiger partial charge is 0.784 e. The molecule has 2 aliphatic rings. The van der Waals surface area contributed by atoms with Crippen LogP contribution in [0.25, 0.3) is 0 Å². The number of benzene rings is 1. The maximum Gasteiger partial charge on any atom is 0.171 e. The van der Waals surface area contributed by atoms with Gasteiger partial charge >= 0.3 is 0 Å². The third-order valence-corrected chi connectivity index (χ3v) is 7.18. The Kier molecular flexibility index (Phi) is 8.21. The highest BCUT2D eigenvalue weighted by Gasteiger charge is 2.32. The minimum absolute atomic E-state index is 0.105. The van der Waals surface area contributed by atoms with Crippen LogP contribution >= 0.6 is 7.52 Å². The van der Waals surface area contributed by atoms with E-state index in [0.29, 0.717) is 17.6 Å². The van der Waals surface area contributed by atoms with Gasteiger partial charge in [-0.15, -0.1) is 0 Å². The summed E-state index contributed by atoms with van der Waals surface area (Å²) in [7, 11) is -2.29. The maximum absolute atomic E-state index is 13.1. The van der Waals surface area contributed by atoms with E-state index in [1.807, 2.05) is 24.5 Å². The Morgan fingerprint density at radius 1 is 1.10 bits per heavy atom. The molecule has 2 saturated heterocycles. The molecule has 0 radical (unpaired) electrons. The van der Waals surface area contributed by atoms with Gasteiger partial charge in [-0.25, -0.2) is 4.98 Å². The van der Waals surface area contributed by atoms with Crippen LogP contribution in [0.3, 0.4) is 0 Å². The molecule has 158 valence electrons. The third kappa shape index (κ3) is 5.87. The summed E-state index contributed by atoms with van der Waals surface area (Å²) in [6.07, 6.45) is 6.50. The molecule has 2 atom stereocenters. The number of pyridine rings is 1. The van der Waals surface area contributed by atoms with E-state index in [-0.39, 0.29) is 6.04 Å². The van der Waals surface area contributed by atoms with Crippen molar-refractivity contribution in [2.75, 3.05) is 40.1 Å². The van der Waals surface area contributed by atoms with Gasteiger partial charge in [-0.05, 0) is 43.2 Å². The lowest BCUT2D eigenvalue weighted by Crippen LogP contribution is -2.38. The Morgan fingerprint density at radius 2 is 1.79 bits per heavy atom. The van der Waals surface area contributed by atoms with Gasteiger partial charge in [-0.3, -0.25) is 4.67 Å². The molecule has 8 heteroatoms. The first-order chi connectivity index (χ1) is 14.1. The maximum atomic E-state index is 13.1. The van der Waals surface area contributed by atoms with Gasteiger partial charge in [-0.2, -0.15) is 0 Å². The highest BCUT2D eigenvalue weighted by Crippen LogP contribution is 2.49. The van der Waals surface area contributed by atoms with Crippen molar-refractivity contribution in [2.45, 2.75) is 25.3 Å². The first-order valence-corrected chi connectivity index (χ1v) is 11.5. The molecule has 2 fully saturated rings. The Hall–Kier alpha value is -1.76. The van der Waals surface area contributed by atoms with Gasteiger partial charge in [0.15, 0.2) is 12.4 Å². The van der Waals surface area contributed by atoms with Crippen LogP contribution in [0.2, 0.25) is 0 Å². The van der Waals surface area contributed by atoms with Crippen LogP contribution in [0.15, 0.2) is 48.8 Å². The Bertz CT molecular complexity index is 772. The van der Waals surface area contributed by atoms with E-state index < -0.39 is 7.52 Å². The van der Waals surface area contributed by atoms with Gasteiger partial charge in [0.25, 0.3) is 0 Å². The van der Waals surface area contributed by atoms with Gasteiger partial charge in [0.05, 0.1) is 33.5 Å². The van der Waals surface area contributed by atoms with E-state index in [9.17, 15) is 9.46 Å². The summed E-state index contributed by atoms with van der Waals surface area (Å²) >= 11 is 0. The molecule has 0 spiro atoms.